The van der Waals surface area contributed by atoms with Crippen molar-refractivity contribution in [1.82, 2.24) is 4.98 Å². The van der Waals surface area contributed by atoms with Gasteiger partial charge in [-0.1, -0.05) is 0 Å². The summed E-state index contributed by atoms with van der Waals surface area (Å²) in [6.07, 6.45) is 0.498. The van der Waals surface area contributed by atoms with Crippen molar-refractivity contribution in [3.63, 3.8) is 0 Å². The summed E-state index contributed by atoms with van der Waals surface area (Å²) in [6.45, 7) is 0.160. The Labute approximate surface area is 174 Å². The summed E-state index contributed by atoms with van der Waals surface area (Å²) < 4.78 is 70.7. The number of carbonyl (C=O) groups excluding carboxylic acids is 1. The molecule has 2 aromatic rings. The van der Waals surface area contributed by atoms with Gasteiger partial charge in [-0.25, -0.2) is 9.59 Å². The van der Waals surface area contributed by atoms with Gasteiger partial charge in [0.2, 0.25) is 0 Å². The van der Waals surface area contributed by atoms with Crippen LogP contribution in [0.3, 0.4) is 0 Å². The molecule has 0 spiro atoms. The Morgan fingerprint density at radius 1 is 1.23 bits per heavy atom. The third-order valence-electron chi connectivity index (χ3n) is 4.51. The van der Waals surface area contributed by atoms with E-state index in [9.17, 15) is 36.3 Å². The van der Waals surface area contributed by atoms with Gasteiger partial charge in [0.05, 0.1) is 18.4 Å². The molecule has 0 radical (unpaired) electrons. The Morgan fingerprint density at radius 3 is 2.55 bits per heavy atom. The Kier molecular flexibility index (Phi) is 5.81. The number of aromatic nitrogens is 1. The average molecular weight is 460 g/mol. The molecular weight excluding hydrogens is 445 g/mol. The van der Waals surface area contributed by atoms with Crippen LogP contribution in [0.1, 0.15) is 22.3 Å². The van der Waals surface area contributed by atoms with Crippen molar-refractivity contribution in [2.75, 3.05) is 18.6 Å². The number of ether oxygens (including phenoxy) is 1. The highest BCUT2D eigenvalue weighted by molar-refractivity contribution is 7.88. The number of methoxy groups -OCH3 is 1. The number of amides is 1. The summed E-state index contributed by atoms with van der Waals surface area (Å²) >= 11 is 0. The largest absolute Gasteiger partial charge is 0.534 e. The van der Waals surface area contributed by atoms with E-state index in [0.29, 0.717) is 6.42 Å². The summed E-state index contributed by atoms with van der Waals surface area (Å²) in [5.41, 5.74) is -5.80. The van der Waals surface area contributed by atoms with E-state index in [-0.39, 0.29) is 41.0 Å². The van der Waals surface area contributed by atoms with Crippen molar-refractivity contribution >= 4 is 27.9 Å². The Bertz CT molecular complexity index is 1150. The predicted octanol–water partition coefficient (Wildman–Crippen LogP) is 3.19. The van der Waals surface area contributed by atoms with Crippen LogP contribution >= 0.6 is 0 Å². The van der Waals surface area contributed by atoms with E-state index in [0.717, 1.165) is 24.1 Å². The third-order valence-corrected chi connectivity index (χ3v) is 5.48. The fourth-order valence-corrected chi connectivity index (χ4v) is 3.70. The maximum atomic E-state index is 12.8. The summed E-state index contributed by atoms with van der Waals surface area (Å²) in [7, 11) is -4.94. The quantitative estimate of drug-likeness (QED) is 0.419. The van der Waals surface area contributed by atoms with Crippen LogP contribution in [0.2, 0.25) is 0 Å². The SMILES string of the molecule is COC(=O)c1ccc2c(c1-c1ncccc1OS(=O)(=O)C(F)(F)F)CCCN2C(=O)O. The van der Waals surface area contributed by atoms with Crippen molar-refractivity contribution in [1.29, 1.82) is 0 Å². The molecule has 0 aliphatic carbocycles. The number of hydrogen-bond acceptors (Lipinski definition) is 7. The molecule has 1 amide bonds. The maximum absolute atomic E-state index is 12.8. The molecule has 1 aliphatic rings. The van der Waals surface area contributed by atoms with Gasteiger partial charge in [0.15, 0.2) is 5.75 Å². The molecule has 0 saturated carbocycles. The lowest BCUT2D eigenvalue weighted by Crippen LogP contribution is -2.34. The number of halogens is 3. The van der Waals surface area contributed by atoms with Crippen LogP contribution in [-0.2, 0) is 21.3 Å². The molecule has 1 aliphatic heterocycles. The molecule has 3 rings (SSSR count). The van der Waals surface area contributed by atoms with E-state index in [4.69, 9.17) is 4.74 Å². The van der Waals surface area contributed by atoms with Gasteiger partial charge in [-0.15, -0.1) is 0 Å². The third kappa shape index (κ3) is 4.13. The second-order valence-corrected chi connectivity index (χ2v) is 7.89. The monoisotopic (exact) mass is 460 g/mol. The van der Waals surface area contributed by atoms with E-state index in [1.165, 1.54) is 18.3 Å². The molecule has 1 aromatic carbocycles. The first-order valence-corrected chi connectivity index (χ1v) is 10.1. The minimum Gasteiger partial charge on any atom is -0.465 e. The van der Waals surface area contributed by atoms with E-state index in [1.807, 2.05) is 0 Å². The van der Waals surface area contributed by atoms with Crippen LogP contribution in [0.4, 0.5) is 23.7 Å². The van der Waals surface area contributed by atoms with E-state index < -0.39 is 33.4 Å². The van der Waals surface area contributed by atoms with Gasteiger partial charge in [-0.2, -0.15) is 21.6 Å². The first-order chi connectivity index (χ1) is 14.5. The first-order valence-electron chi connectivity index (χ1n) is 8.68. The zero-order chi connectivity index (χ0) is 23.0. The van der Waals surface area contributed by atoms with Gasteiger partial charge in [-0.3, -0.25) is 9.88 Å². The molecule has 0 fully saturated rings. The normalized spacial score (nSPS) is 14.0. The summed E-state index contributed by atoms with van der Waals surface area (Å²) in [5.74, 6) is -1.65. The zero-order valence-corrected chi connectivity index (χ0v) is 16.7. The fourth-order valence-electron chi connectivity index (χ4n) is 3.24. The van der Waals surface area contributed by atoms with Crippen LogP contribution in [0.5, 0.6) is 5.75 Å². The molecule has 1 N–H and O–H groups in total. The molecule has 0 unspecified atom stereocenters. The van der Waals surface area contributed by atoms with Gasteiger partial charge in [0.25, 0.3) is 0 Å². The van der Waals surface area contributed by atoms with Crippen LogP contribution in [-0.4, -0.2) is 49.7 Å². The fraction of sp³-hybridized carbons (Fsp3) is 0.278. The second-order valence-electron chi connectivity index (χ2n) is 6.35. The van der Waals surface area contributed by atoms with Crippen molar-refractivity contribution in [2.24, 2.45) is 0 Å². The highest BCUT2D eigenvalue weighted by Gasteiger charge is 2.49. The van der Waals surface area contributed by atoms with Crippen molar-refractivity contribution in [3.05, 3.63) is 41.6 Å². The molecule has 9 nitrogen and oxygen atoms in total. The molecule has 0 atom stereocenters. The maximum Gasteiger partial charge on any atom is 0.534 e. The number of fused-ring (bicyclic) bond motifs is 1. The Hall–Kier alpha value is -3.35. The smallest absolute Gasteiger partial charge is 0.465 e. The Morgan fingerprint density at radius 2 is 1.94 bits per heavy atom. The summed E-state index contributed by atoms with van der Waals surface area (Å²) in [6, 6.07) is 4.71. The number of rotatable bonds is 4. The first kappa shape index (κ1) is 22.3. The van der Waals surface area contributed by atoms with E-state index >= 15 is 0 Å². The van der Waals surface area contributed by atoms with Crippen LogP contribution < -0.4 is 9.08 Å². The Balaban J connectivity index is 2.29. The molecule has 0 saturated heterocycles. The number of nitrogens with zero attached hydrogens (tertiary/aromatic N) is 2. The number of anilines is 1. The molecule has 31 heavy (non-hydrogen) atoms. The molecule has 166 valence electrons. The van der Waals surface area contributed by atoms with Crippen molar-refractivity contribution < 1.29 is 45.2 Å². The lowest BCUT2D eigenvalue weighted by Gasteiger charge is -2.29. The van der Waals surface area contributed by atoms with Gasteiger partial charge in [0.1, 0.15) is 5.69 Å². The van der Waals surface area contributed by atoms with Crippen LogP contribution in [0.15, 0.2) is 30.5 Å². The summed E-state index contributed by atoms with van der Waals surface area (Å²) in [4.78, 5) is 28.9. The van der Waals surface area contributed by atoms with Gasteiger partial charge >= 0.3 is 27.7 Å². The molecule has 2 heterocycles. The number of benzene rings is 1. The van der Waals surface area contributed by atoms with Crippen molar-refractivity contribution in [2.45, 2.75) is 18.3 Å². The summed E-state index contributed by atoms with van der Waals surface area (Å²) in [5, 5.41) is 9.46. The second kappa shape index (κ2) is 8.06. The zero-order valence-electron chi connectivity index (χ0n) is 15.8. The van der Waals surface area contributed by atoms with Crippen LogP contribution in [0, 0.1) is 0 Å². The lowest BCUT2D eigenvalue weighted by molar-refractivity contribution is -0.0500. The molecule has 13 heteroatoms. The number of hydrogen-bond donors (Lipinski definition) is 1. The van der Waals surface area contributed by atoms with Gasteiger partial charge in [0, 0.05) is 18.3 Å². The standard InChI is InChI=1S/C18H15F3N2O7S/c1-29-16(24)11-6-7-12-10(4-3-9-23(12)17(25)26)14(11)15-13(5-2-8-22-15)30-31(27,28)18(19,20)21/h2,5-8H,3-4,9H2,1H3,(H,25,26). The highest BCUT2D eigenvalue weighted by atomic mass is 32.2. The highest BCUT2D eigenvalue weighted by Crippen LogP contribution is 2.41. The number of esters is 1. The van der Waals surface area contributed by atoms with Gasteiger partial charge in [-0.05, 0) is 42.7 Å². The van der Waals surface area contributed by atoms with E-state index in [1.54, 1.807) is 0 Å². The lowest BCUT2D eigenvalue weighted by atomic mass is 9.90. The minimum atomic E-state index is -6.03. The predicted molar refractivity (Wildman–Crippen MR) is 100 cm³/mol. The van der Waals surface area contributed by atoms with Crippen molar-refractivity contribution in [3.8, 4) is 17.0 Å². The number of alkyl halides is 3. The molecular formula is C18H15F3N2O7S. The number of pyridine rings is 1. The van der Waals surface area contributed by atoms with Gasteiger partial charge < -0.3 is 14.0 Å². The average Bonchev–Trinajstić information content (AvgIpc) is 2.71. The topological polar surface area (TPSA) is 123 Å². The number of carboxylic acid groups (broad SMARTS) is 1. The number of carbonyl (C=O) groups is 2. The molecule has 1 aromatic heterocycles. The molecule has 0 bridgehead atoms. The van der Waals surface area contributed by atoms with Crippen LogP contribution in [0.25, 0.3) is 11.3 Å². The minimum absolute atomic E-state index is 0.0664. The van der Waals surface area contributed by atoms with E-state index in [2.05, 4.69) is 9.17 Å².